The number of nitrogens with zero attached hydrogens (tertiary/aromatic N) is 1. The van der Waals surface area contributed by atoms with E-state index in [-0.39, 0.29) is 17.9 Å². The van der Waals surface area contributed by atoms with E-state index in [1.165, 1.54) is 0 Å². The Kier molecular flexibility index (Phi) is 6.37. The van der Waals surface area contributed by atoms with Gasteiger partial charge in [0.2, 0.25) is 5.91 Å². The van der Waals surface area contributed by atoms with Crippen LogP contribution >= 0.6 is 0 Å². The van der Waals surface area contributed by atoms with Crippen molar-refractivity contribution in [1.29, 1.82) is 0 Å². The van der Waals surface area contributed by atoms with Crippen LogP contribution in [-0.4, -0.2) is 43.0 Å². The van der Waals surface area contributed by atoms with Crippen molar-refractivity contribution in [2.45, 2.75) is 39.2 Å². The topological polar surface area (TPSA) is 58.6 Å². The Morgan fingerprint density at radius 2 is 1.92 bits per heavy atom. The molecule has 5 nitrogen and oxygen atoms in total. The molecule has 0 aromatic heterocycles. The zero-order valence-electron chi connectivity index (χ0n) is 15.4. The first-order valence-corrected chi connectivity index (χ1v) is 8.81. The monoisotopic (exact) mass is 344 g/mol. The molecule has 0 saturated carbocycles. The molecule has 2 rings (SSSR count). The lowest BCUT2D eigenvalue weighted by atomic mass is 9.86. The second kappa shape index (κ2) is 8.30. The summed E-state index contributed by atoms with van der Waals surface area (Å²) in [7, 11) is 1.84. The van der Waals surface area contributed by atoms with E-state index in [0.29, 0.717) is 30.9 Å². The predicted octanol–water partition coefficient (Wildman–Crippen LogP) is 3.48. The van der Waals surface area contributed by atoms with E-state index >= 15 is 0 Å². The van der Waals surface area contributed by atoms with Crippen LogP contribution < -0.4 is 5.32 Å². The highest BCUT2D eigenvalue weighted by Crippen LogP contribution is 2.25. The average molecular weight is 344 g/mol. The molecular weight excluding hydrogens is 316 g/mol. The fourth-order valence-corrected chi connectivity index (χ4v) is 2.81. The highest BCUT2D eigenvalue weighted by Gasteiger charge is 2.28. The quantitative estimate of drug-likeness (QED) is 0.804. The molecule has 0 spiro atoms. The van der Waals surface area contributed by atoms with Crippen LogP contribution in [0.1, 0.15) is 43.5 Å². The molecule has 1 atom stereocenters. The van der Waals surface area contributed by atoms with Crippen molar-refractivity contribution in [3.8, 4) is 0 Å². The number of amides is 2. The predicted molar refractivity (Wildman–Crippen MR) is 99.6 cm³/mol. The molecule has 2 amide bonds. The molecular formula is C20H28N2O3. The fraction of sp³-hybridized carbons (Fsp3) is 0.500. The third-order valence-electron chi connectivity index (χ3n) is 5.15. The molecule has 1 saturated heterocycles. The van der Waals surface area contributed by atoms with Gasteiger partial charge in [-0.3, -0.25) is 9.59 Å². The van der Waals surface area contributed by atoms with Crippen molar-refractivity contribution >= 4 is 17.5 Å². The first-order chi connectivity index (χ1) is 11.9. The second-order valence-corrected chi connectivity index (χ2v) is 6.77. The van der Waals surface area contributed by atoms with E-state index < -0.39 is 5.41 Å². The minimum atomic E-state index is -0.599. The van der Waals surface area contributed by atoms with Crippen molar-refractivity contribution < 1.29 is 14.3 Å². The summed E-state index contributed by atoms with van der Waals surface area (Å²) in [6, 6.07) is 7.26. The van der Waals surface area contributed by atoms with Gasteiger partial charge in [0, 0.05) is 37.6 Å². The number of hydrogen-bond donors (Lipinski definition) is 1. The molecule has 1 heterocycles. The minimum Gasteiger partial charge on any atom is -0.381 e. The average Bonchev–Trinajstić information content (AvgIpc) is 2.67. The van der Waals surface area contributed by atoms with Gasteiger partial charge in [-0.05, 0) is 50.5 Å². The third-order valence-corrected chi connectivity index (χ3v) is 5.15. The molecule has 25 heavy (non-hydrogen) atoms. The molecule has 1 aliphatic heterocycles. The van der Waals surface area contributed by atoms with Crippen LogP contribution in [0.3, 0.4) is 0 Å². The normalized spacial score (nSPS) is 17.4. The highest BCUT2D eigenvalue weighted by atomic mass is 16.5. The van der Waals surface area contributed by atoms with Crippen molar-refractivity contribution in [3.63, 3.8) is 0 Å². The summed E-state index contributed by atoms with van der Waals surface area (Å²) >= 11 is 0. The van der Waals surface area contributed by atoms with Crippen molar-refractivity contribution in [1.82, 2.24) is 4.90 Å². The number of carbonyl (C=O) groups excluding carboxylic acids is 2. The molecule has 1 aromatic carbocycles. The van der Waals surface area contributed by atoms with Gasteiger partial charge in [-0.1, -0.05) is 13.0 Å². The van der Waals surface area contributed by atoms with Crippen LogP contribution in [0.5, 0.6) is 0 Å². The van der Waals surface area contributed by atoms with Crippen LogP contribution in [0.15, 0.2) is 36.9 Å². The van der Waals surface area contributed by atoms with Gasteiger partial charge >= 0.3 is 0 Å². The Balaban J connectivity index is 2.02. The fourth-order valence-electron chi connectivity index (χ4n) is 2.81. The zero-order valence-corrected chi connectivity index (χ0v) is 15.4. The first kappa shape index (κ1) is 19.2. The summed E-state index contributed by atoms with van der Waals surface area (Å²) in [5, 5.41) is 2.89. The van der Waals surface area contributed by atoms with E-state index in [1.54, 1.807) is 35.2 Å². The smallest absolute Gasteiger partial charge is 0.253 e. The SMILES string of the molecule is C=CC(C)(CC)C(=O)Nc1ccc(C(=O)N(C)C2CCOCC2)cc1. The summed E-state index contributed by atoms with van der Waals surface area (Å²) in [6.45, 7) is 8.96. The number of hydrogen-bond acceptors (Lipinski definition) is 3. The number of ether oxygens (including phenoxy) is 1. The van der Waals surface area contributed by atoms with Gasteiger partial charge < -0.3 is 15.0 Å². The van der Waals surface area contributed by atoms with Crippen LogP contribution in [-0.2, 0) is 9.53 Å². The van der Waals surface area contributed by atoms with E-state index in [1.807, 2.05) is 20.9 Å². The lowest BCUT2D eigenvalue weighted by Crippen LogP contribution is -2.40. The maximum absolute atomic E-state index is 12.6. The van der Waals surface area contributed by atoms with Crippen LogP contribution in [0.25, 0.3) is 0 Å². The molecule has 1 aliphatic rings. The third kappa shape index (κ3) is 4.48. The Labute approximate surface area is 150 Å². The van der Waals surface area contributed by atoms with E-state index in [2.05, 4.69) is 11.9 Å². The molecule has 1 N–H and O–H groups in total. The van der Waals surface area contributed by atoms with Gasteiger partial charge in [0.1, 0.15) is 0 Å². The van der Waals surface area contributed by atoms with E-state index in [9.17, 15) is 9.59 Å². The van der Waals surface area contributed by atoms with E-state index in [4.69, 9.17) is 4.74 Å². The lowest BCUT2D eigenvalue weighted by molar-refractivity contribution is -0.122. The Bertz CT molecular complexity index is 620. The Morgan fingerprint density at radius 1 is 1.32 bits per heavy atom. The van der Waals surface area contributed by atoms with Gasteiger partial charge in [-0.2, -0.15) is 0 Å². The van der Waals surface area contributed by atoms with Gasteiger partial charge in [0.15, 0.2) is 0 Å². The number of rotatable bonds is 6. The van der Waals surface area contributed by atoms with Crippen molar-refractivity contribution in [2.75, 3.05) is 25.6 Å². The standard InChI is InChI=1S/C20H28N2O3/c1-5-20(3,6-2)19(24)21-16-9-7-15(8-10-16)18(23)22(4)17-11-13-25-14-12-17/h5,7-10,17H,1,6,11-14H2,2-4H3,(H,21,24). The number of nitrogens with one attached hydrogen (secondary N) is 1. The van der Waals surface area contributed by atoms with Gasteiger partial charge in [0.25, 0.3) is 5.91 Å². The minimum absolute atomic E-state index is 0.00531. The zero-order chi connectivity index (χ0) is 18.4. The van der Waals surface area contributed by atoms with Crippen molar-refractivity contribution in [3.05, 3.63) is 42.5 Å². The maximum atomic E-state index is 12.6. The van der Waals surface area contributed by atoms with Crippen LogP contribution in [0, 0.1) is 5.41 Å². The number of anilines is 1. The summed E-state index contributed by atoms with van der Waals surface area (Å²) in [5.41, 5.74) is 0.698. The van der Waals surface area contributed by atoms with Gasteiger partial charge in [-0.25, -0.2) is 0 Å². The number of benzene rings is 1. The summed E-state index contributed by atoms with van der Waals surface area (Å²) < 4.78 is 5.35. The highest BCUT2D eigenvalue weighted by molar-refractivity contribution is 5.98. The molecule has 0 bridgehead atoms. The molecule has 1 unspecified atom stereocenters. The lowest BCUT2D eigenvalue weighted by Gasteiger charge is -2.31. The summed E-state index contributed by atoms with van der Waals surface area (Å²) in [5.74, 6) is -0.0994. The summed E-state index contributed by atoms with van der Waals surface area (Å²) in [6.07, 6.45) is 4.08. The first-order valence-electron chi connectivity index (χ1n) is 8.81. The van der Waals surface area contributed by atoms with Crippen LogP contribution in [0.2, 0.25) is 0 Å². The van der Waals surface area contributed by atoms with Crippen LogP contribution in [0.4, 0.5) is 5.69 Å². The van der Waals surface area contributed by atoms with Gasteiger partial charge in [0.05, 0.1) is 5.41 Å². The molecule has 5 heteroatoms. The molecule has 1 fully saturated rings. The molecule has 136 valence electrons. The molecule has 1 aromatic rings. The Morgan fingerprint density at radius 3 is 2.44 bits per heavy atom. The second-order valence-electron chi connectivity index (χ2n) is 6.77. The maximum Gasteiger partial charge on any atom is 0.253 e. The molecule has 0 aliphatic carbocycles. The van der Waals surface area contributed by atoms with Gasteiger partial charge in [-0.15, -0.1) is 6.58 Å². The van der Waals surface area contributed by atoms with Crippen molar-refractivity contribution in [2.24, 2.45) is 5.41 Å². The molecule has 0 radical (unpaired) electrons. The Hall–Kier alpha value is -2.14. The number of carbonyl (C=O) groups is 2. The summed E-state index contributed by atoms with van der Waals surface area (Å²) in [4.78, 5) is 26.8. The van der Waals surface area contributed by atoms with E-state index in [0.717, 1.165) is 12.8 Å². The largest absolute Gasteiger partial charge is 0.381 e.